The largest absolute Gasteiger partial charge is 0.493 e. The van der Waals surface area contributed by atoms with Crippen molar-refractivity contribution in [3.8, 4) is 17.1 Å². The van der Waals surface area contributed by atoms with Crippen molar-refractivity contribution in [3.63, 3.8) is 0 Å². The Labute approximate surface area is 128 Å². The molecule has 0 saturated heterocycles. The second-order valence-corrected chi connectivity index (χ2v) is 5.34. The topological polar surface area (TPSA) is 35.0 Å². The fraction of sp³-hybridized carbons (Fsp3) is 0.333. The molecule has 20 heavy (non-hydrogen) atoms. The van der Waals surface area contributed by atoms with Crippen LogP contribution in [0.15, 0.2) is 24.3 Å². The summed E-state index contributed by atoms with van der Waals surface area (Å²) < 4.78 is 5.58. The first kappa shape index (κ1) is 15.1. The Kier molecular flexibility index (Phi) is 4.84. The zero-order valence-electron chi connectivity index (χ0n) is 11.7. The molecule has 0 bridgehead atoms. The Morgan fingerprint density at radius 1 is 1.10 bits per heavy atom. The van der Waals surface area contributed by atoms with Gasteiger partial charge in [-0.3, -0.25) is 0 Å². The van der Waals surface area contributed by atoms with Crippen LogP contribution in [0, 0.1) is 0 Å². The van der Waals surface area contributed by atoms with Crippen molar-refractivity contribution in [1.82, 2.24) is 9.97 Å². The van der Waals surface area contributed by atoms with Gasteiger partial charge >= 0.3 is 0 Å². The number of benzene rings is 1. The summed E-state index contributed by atoms with van der Waals surface area (Å²) in [5, 5.41) is 0.780. The van der Waals surface area contributed by atoms with Crippen molar-refractivity contribution < 1.29 is 4.74 Å². The normalized spacial score (nSPS) is 10.9. The SMILES string of the molecule is CCOc1ccccc1-c1nc(Cl)c(C(C)C)c(Cl)n1. The van der Waals surface area contributed by atoms with E-state index >= 15 is 0 Å². The summed E-state index contributed by atoms with van der Waals surface area (Å²) >= 11 is 12.5. The molecule has 1 heterocycles. The zero-order chi connectivity index (χ0) is 14.7. The minimum Gasteiger partial charge on any atom is -0.493 e. The Hall–Kier alpha value is -1.32. The summed E-state index contributed by atoms with van der Waals surface area (Å²) in [6.07, 6.45) is 0. The van der Waals surface area contributed by atoms with Crippen LogP contribution in [-0.4, -0.2) is 16.6 Å². The molecule has 0 amide bonds. The van der Waals surface area contributed by atoms with Crippen LogP contribution < -0.4 is 4.74 Å². The molecule has 2 rings (SSSR count). The fourth-order valence-electron chi connectivity index (χ4n) is 1.95. The lowest BCUT2D eigenvalue weighted by atomic mass is 10.1. The van der Waals surface area contributed by atoms with Crippen LogP contribution in [0.5, 0.6) is 5.75 Å². The molecular formula is C15H16Cl2N2O. The molecule has 0 N–H and O–H groups in total. The zero-order valence-corrected chi connectivity index (χ0v) is 13.2. The fourth-order valence-corrected chi connectivity index (χ4v) is 2.77. The van der Waals surface area contributed by atoms with Gasteiger partial charge in [-0.05, 0) is 25.0 Å². The van der Waals surface area contributed by atoms with Crippen LogP contribution in [-0.2, 0) is 0 Å². The molecule has 1 aromatic carbocycles. The van der Waals surface area contributed by atoms with Gasteiger partial charge in [-0.15, -0.1) is 0 Å². The van der Waals surface area contributed by atoms with Gasteiger partial charge in [0.15, 0.2) is 5.82 Å². The van der Waals surface area contributed by atoms with Crippen LogP contribution in [0.25, 0.3) is 11.4 Å². The van der Waals surface area contributed by atoms with E-state index in [1.165, 1.54) is 0 Å². The predicted octanol–water partition coefficient (Wildman–Crippen LogP) is 4.97. The summed E-state index contributed by atoms with van der Waals surface area (Å²) in [7, 11) is 0. The third-order valence-electron chi connectivity index (χ3n) is 2.86. The molecule has 0 aliphatic rings. The van der Waals surface area contributed by atoms with Crippen molar-refractivity contribution in [1.29, 1.82) is 0 Å². The van der Waals surface area contributed by atoms with Crippen LogP contribution in [0.4, 0.5) is 0 Å². The third-order valence-corrected chi connectivity index (χ3v) is 3.43. The number of aromatic nitrogens is 2. The maximum atomic E-state index is 6.23. The van der Waals surface area contributed by atoms with Crippen LogP contribution in [0.2, 0.25) is 10.3 Å². The van der Waals surface area contributed by atoms with Crippen molar-refractivity contribution in [2.45, 2.75) is 26.7 Å². The van der Waals surface area contributed by atoms with Crippen molar-refractivity contribution >= 4 is 23.2 Å². The first-order chi connectivity index (χ1) is 9.54. The van der Waals surface area contributed by atoms with Crippen molar-refractivity contribution in [2.75, 3.05) is 6.61 Å². The second kappa shape index (κ2) is 6.42. The molecule has 3 nitrogen and oxygen atoms in total. The number of nitrogens with zero attached hydrogens (tertiary/aromatic N) is 2. The highest BCUT2D eigenvalue weighted by molar-refractivity contribution is 6.34. The average Bonchev–Trinajstić information content (AvgIpc) is 2.38. The van der Waals surface area contributed by atoms with E-state index in [9.17, 15) is 0 Å². The first-order valence-electron chi connectivity index (χ1n) is 6.49. The maximum absolute atomic E-state index is 6.23. The molecule has 1 aromatic heterocycles. The van der Waals surface area contributed by atoms with E-state index in [0.29, 0.717) is 22.7 Å². The number of hydrogen-bond acceptors (Lipinski definition) is 3. The number of hydrogen-bond donors (Lipinski definition) is 0. The van der Waals surface area contributed by atoms with Gasteiger partial charge in [0.25, 0.3) is 0 Å². The molecule has 0 saturated carbocycles. The van der Waals surface area contributed by atoms with Gasteiger partial charge in [0.05, 0.1) is 12.2 Å². The molecular weight excluding hydrogens is 295 g/mol. The number of rotatable bonds is 4. The quantitative estimate of drug-likeness (QED) is 0.748. The van der Waals surface area contributed by atoms with E-state index in [-0.39, 0.29) is 5.92 Å². The molecule has 5 heteroatoms. The summed E-state index contributed by atoms with van der Waals surface area (Å²) in [4.78, 5) is 8.72. The standard InChI is InChI=1S/C15H16Cl2N2O/c1-4-20-11-8-6-5-7-10(11)15-18-13(16)12(9(2)3)14(17)19-15/h5-9H,4H2,1-3H3. The lowest BCUT2D eigenvalue weighted by Crippen LogP contribution is -2.01. The Balaban J connectivity index is 2.54. The lowest BCUT2D eigenvalue weighted by Gasteiger charge is -2.13. The van der Waals surface area contributed by atoms with Gasteiger partial charge in [0.2, 0.25) is 0 Å². The average molecular weight is 311 g/mol. The van der Waals surface area contributed by atoms with Gasteiger partial charge in [0, 0.05) is 5.56 Å². The van der Waals surface area contributed by atoms with E-state index in [0.717, 1.165) is 16.9 Å². The third kappa shape index (κ3) is 3.05. The molecule has 0 aliphatic heterocycles. The van der Waals surface area contributed by atoms with Crippen molar-refractivity contribution in [3.05, 3.63) is 40.1 Å². The van der Waals surface area contributed by atoms with Gasteiger partial charge in [0.1, 0.15) is 16.1 Å². The Bertz CT molecular complexity index is 592. The Morgan fingerprint density at radius 2 is 1.70 bits per heavy atom. The summed E-state index contributed by atoms with van der Waals surface area (Å²) in [6, 6.07) is 7.57. The Morgan fingerprint density at radius 3 is 2.25 bits per heavy atom. The van der Waals surface area contributed by atoms with Gasteiger partial charge < -0.3 is 4.74 Å². The molecule has 0 atom stereocenters. The smallest absolute Gasteiger partial charge is 0.166 e. The van der Waals surface area contributed by atoms with E-state index < -0.39 is 0 Å². The minimum absolute atomic E-state index is 0.172. The summed E-state index contributed by atoms with van der Waals surface area (Å²) in [5.74, 6) is 1.37. The van der Waals surface area contributed by atoms with E-state index in [2.05, 4.69) is 9.97 Å². The van der Waals surface area contributed by atoms with Gasteiger partial charge in [-0.2, -0.15) is 0 Å². The molecule has 0 unspecified atom stereocenters. The number of para-hydroxylation sites is 1. The van der Waals surface area contributed by atoms with Crippen LogP contribution >= 0.6 is 23.2 Å². The number of halogens is 2. The van der Waals surface area contributed by atoms with Crippen molar-refractivity contribution in [2.24, 2.45) is 0 Å². The van der Waals surface area contributed by atoms with E-state index in [4.69, 9.17) is 27.9 Å². The highest BCUT2D eigenvalue weighted by atomic mass is 35.5. The summed E-state index contributed by atoms with van der Waals surface area (Å²) in [6.45, 7) is 6.51. The predicted molar refractivity (Wildman–Crippen MR) is 82.7 cm³/mol. The molecule has 0 spiro atoms. The maximum Gasteiger partial charge on any atom is 0.166 e. The molecule has 0 aliphatic carbocycles. The number of ether oxygens (including phenoxy) is 1. The van der Waals surface area contributed by atoms with Gasteiger partial charge in [-0.1, -0.05) is 49.2 Å². The lowest BCUT2D eigenvalue weighted by molar-refractivity contribution is 0.341. The molecule has 106 valence electrons. The van der Waals surface area contributed by atoms with Gasteiger partial charge in [-0.25, -0.2) is 9.97 Å². The first-order valence-corrected chi connectivity index (χ1v) is 7.25. The molecule has 0 fully saturated rings. The van der Waals surface area contributed by atoms with Crippen LogP contribution in [0.3, 0.4) is 0 Å². The monoisotopic (exact) mass is 310 g/mol. The van der Waals surface area contributed by atoms with E-state index in [1.54, 1.807) is 0 Å². The minimum atomic E-state index is 0.172. The second-order valence-electron chi connectivity index (χ2n) is 4.63. The summed E-state index contributed by atoms with van der Waals surface area (Å²) in [5.41, 5.74) is 1.56. The molecule has 0 radical (unpaired) electrons. The highest BCUT2D eigenvalue weighted by Crippen LogP contribution is 2.33. The van der Waals surface area contributed by atoms with Crippen LogP contribution in [0.1, 0.15) is 32.3 Å². The highest BCUT2D eigenvalue weighted by Gasteiger charge is 2.17. The van der Waals surface area contributed by atoms with E-state index in [1.807, 2.05) is 45.0 Å². The molecule has 2 aromatic rings.